The molecule has 0 unspecified atom stereocenters. The fourth-order valence-electron chi connectivity index (χ4n) is 4.07. The molecule has 9 heteroatoms. The maximum atomic E-state index is 6.44. The van der Waals surface area contributed by atoms with Crippen molar-refractivity contribution in [2.45, 2.75) is 38.5 Å². The van der Waals surface area contributed by atoms with Gasteiger partial charge in [-0.15, -0.1) is 0 Å². The summed E-state index contributed by atoms with van der Waals surface area (Å²) in [5.41, 5.74) is 8.78. The minimum Gasteiger partial charge on any atom is -0.493 e. The Morgan fingerprint density at radius 1 is 1.11 bits per heavy atom. The summed E-state index contributed by atoms with van der Waals surface area (Å²) in [6.07, 6.45) is 5.23. The van der Waals surface area contributed by atoms with E-state index in [1.165, 1.54) is 0 Å². The third-order valence-electron chi connectivity index (χ3n) is 6.02. The SMILES string of the molecule is COc1ccc([C@@]2(C)COc3cc(Cn4cnc5cc(C#CC(C)(C)N)cnc54)cc(OC)c3O2)cn1. The minimum absolute atomic E-state index is 0.319. The Balaban J connectivity index is 1.41. The van der Waals surface area contributed by atoms with E-state index in [9.17, 15) is 0 Å². The van der Waals surface area contributed by atoms with Gasteiger partial charge in [0.25, 0.3) is 0 Å². The summed E-state index contributed by atoms with van der Waals surface area (Å²) in [6, 6.07) is 9.54. The van der Waals surface area contributed by atoms with Crippen LogP contribution in [0.5, 0.6) is 23.1 Å². The molecule has 4 heterocycles. The zero-order valence-electron chi connectivity index (χ0n) is 21.5. The molecule has 0 saturated carbocycles. The Morgan fingerprint density at radius 2 is 1.95 bits per heavy atom. The highest BCUT2D eigenvalue weighted by molar-refractivity contribution is 5.72. The van der Waals surface area contributed by atoms with Crippen LogP contribution in [0.3, 0.4) is 0 Å². The van der Waals surface area contributed by atoms with Crippen LogP contribution in [0.1, 0.15) is 37.5 Å². The lowest BCUT2D eigenvalue weighted by Gasteiger charge is -2.36. The number of hydrogen-bond donors (Lipinski definition) is 1. The lowest BCUT2D eigenvalue weighted by molar-refractivity contribution is -0.000444. The van der Waals surface area contributed by atoms with Crippen LogP contribution in [0.4, 0.5) is 0 Å². The van der Waals surface area contributed by atoms with Gasteiger partial charge in [0.1, 0.15) is 12.1 Å². The molecule has 5 rings (SSSR count). The standard InChI is InChI=1S/C28H29N5O4/c1-27(2,29)9-8-18-10-21-26(31-13-18)33(17-32-21)15-19-11-22(34-4)25-23(12-19)36-16-28(3,37-25)20-6-7-24(35-5)30-14-20/h6-7,10-14,17H,15-16,29H2,1-5H3/t28-/m1/s1. The molecule has 2 N–H and O–H groups in total. The van der Waals surface area contributed by atoms with Crippen molar-refractivity contribution in [2.75, 3.05) is 20.8 Å². The molecule has 9 nitrogen and oxygen atoms in total. The van der Waals surface area contributed by atoms with E-state index < -0.39 is 11.1 Å². The molecular formula is C28H29N5O4. The number of fused-ring (bicyclic) bond motifs is 2. The lowest BCUT2D eigenvalue weighted by atomic mass is 9.97. The van der Waals surface area contributed by atoms with Crippen molar-refractivity contribution in [1.82, 2.24) is 19.5 Å². The average molecular weight is 500 g/mol. The van der Waals surface area contributed by atoms with E-state index in [0.29, 0.717) is 36.3 Å². The predicted molar refractivity (Wildman–Crippen MR) is 139 cm³/mol. The second-order valence-corrected chi connectivity index (χ2v) is 9.75. The van der Waals surface area contributed by atoms with Crippen molar-refractivity contribution in [3.8, 4) is 35.0 Å². The zero-order chi connectivity index (χ0) is 26.2. The quantitative estimate of drug-likeness (QED) is 0.415. The van der Waals surface area contributed by atoms with Gasteiger partial charge in [0.15, 0.2) is 22.7 Å². The normalized spacial score (nSPS) is 16.7. The van der Waals surface area contributed by atoms with Crippen LogP contribution in [0.25, 0.3) is 11.2 Å². The number of benzene rings is 1. The van der Waals surface area contributed by atoms with Crippen LogP contribution < -0.4 is 24.7 Å². The highest BCUT2D eigenvalue weighted by Crippen LogP contribution is 2.46. The van der Waals surface area contributed by atoms with Gasteiger partial charge in [-0.05, 0) is 50.6 Å². The largest absolute Gasteiger partial charge is 0.493 e. The molecule has 4 aromatic rings. The third kappa shape index (κ3) is 5.01. The Labute approximate surface area is 215 Å². The van der Waals surface area contributed by atoms with Crippen LogP contribution in [-0.2, 0) is 12.1 Å². The minimum atomic E-state index is -0.731. The van der Waals surface area contributed by atoms with Crippen molar-refractivity contribution < 1.29 is 18.9 Å². The molecule has 190 valence electrons. The molecule has 0 spiro atoms. The fraction of sp³-hybridized carbons (Fsp3) is 0.321. The molecule has 37 heavy (non-hydrogen) atoms. The number of rotatable bonds is 5. The Morgan fingerprint density at radius 3 is 2.65 bits per heavy atom. The van der Waals surface area contributed by atoms with Crippen molar-refractivity contribution in [1.29, 1.82) is 0 Å². The van der Waals surface area contributed by atoms with Crippen LogP contribution in [0.2, 0.25) is 0 Å². The maximum Gasteiger partial charge on any atom is 0.212 e. The molecule has 0 saturated heterocycles. The Bertz CT molecular complexity index is 1490. The van der Waals surface area contributed by atoms with E-state index in [4.69, 9.17) is 24.7 Å². The van der Waals surface area contributed by atoms with E-state index in [1.807, 2.05) is 49.6 Å². The topological polar surface area (TPSA) is 107 Å². The number of hydrogen-bond acceptors (Lipinski definition) is 8. The van der Waals surface area contributed by atoms with E-state index in [1.54, 1.807) is 39.0 Å². The van der Waals surface area contributed by atoms with Crippen molar-refractivity contribution in [3.05, 3.63) is 65.7 Å². The number of pyridine rings is 2. The molecule has 1 aliphatic heterocycles. The summed E-state index contributed by atoms with van der Waals surface area (Å²) in [5.74, 6) is 8.37. The molecular weight excluding hydrogens is 470 g/mol. The second kappa shape index (κ2) is 9.30. The molecule has 0 radical (unpaired) electrons. The van der Waals surface area contributed by atoms with Gasteiger partial charge in [-0.1, -0.05) is 11.8 Å². The summed E-state index contributed by atoms with van der Waals surface area (Å²) in [4.78, 5) is 13.4. The highest BCUT2D eigenvalue weighted by atomic mass is 16.6. The number of nitrogens with two attached hydrogens (primary N) is 1. The first-order valence-corrected chi connectivity index (χ1v) is 11.8. The summed E-state index contributed by atoms with van der Waals surface area (Å²) in [7, 11) is 3.20. The summed E-state index contributed by atoms with van der Waals surface area (Å²) < 4.78 is 25.4. The van der Waals surface area contributed by atoms with E-state index in [-0.39, 0.29) is 0 Å². The molecule has 0 bridgehead atoms. The van der Waals surface area contributed by atoms with Crippen LogP contribution in [0, 0.1) is 11.8 Å². The number of aromatic nitrogens is 4. The van der Waals surface area contributed by atoms with Gasteiger partial charge in [0.05, 0.1) is 32.6 Å². The predicted octanol–water partition coefficient (Wildman–Crippen LogP) is 3.67. The van der Waals surface area contributed by atoms with E-state index in [2.05, 4.69) is 26.8 Å². The van der Waals surface area contributed by atoms with Gasteiger partial charge in [-0.2, -0.15) is 0 Å². The monoisotopic (exact) mass is 499 g/mol. The maximum absolute atomic E-state index is 6.44. The van der Waals surface area contributed by atoms with E-state index >= 15 is 0 Å². The number of methoxy groups -OCH3 is 2. The number of imidazole rings is 1. The summed E-state index contributed by atoms with van der Waals surface area (Å²) in [5, 5.41) is 0. The summed E-state index contributed by atoms with van der Waals surface area (Å²) >= 11 is 0. The Hall–Kier alpha value is -4.29. The zero-order valence-corrected chi connectivity index (χ0v) is 21.5. The second-order valence-electron chi connectivity index (χ2n) is 9.75. The van der Waals surface area contributed by atoms with Gasteiger partial charge < -0.3 is 29.2 Å². The smallest absolute Gasteiger partial charge is 0.212 e. The first-order chi connectivity index (χ1) is 17.7. The van der Waals surface area contributed by atoms with Gasteiger partial charge in [-0.3, -0.25) is 0 Å². The molecule has 1 atom stereocenters. The van der Waals surface area contributed by atoms with Crippen molar-refractivity contribution in [3.63, 3.8) is 0 Å². The number of ether oxygens (including phenoxy) is 4. The molecule has 3 aromatic heterocycles. The molecule has 1 aliphatic rings. The third-order valence-corrected chi connectivity index (χ3v) is 6.02. The fourth-order valence-corrected chi connectivity index (χ4v) is 4.07. The average Bonchev–Trinajstić information content (AvgIpc) is 3.28. The first kappa shape index (κ1) is 24.4. The molecule has 0 amide bonds. The van der Waals surface area contributed by atoms with Gasteiger partial charge in [0.2, 0.25) is 11.6 Å². The van der Waals surface area contributed by atoms with Gasteiger partial charge in [0, 0.05) is 29.6 Å². The molecule has 1 aromatic carbocycles. The number of nitrogens with zero attached hydrogens (tertiary/aromatic N) is 4. The lowest BCUT2D eigenvalue weighted by Crippen LogP contribution is -2.39. The van der Waals surface area contributed by atoms with Crippen molar-refractivity contribution in [2.24, 2.45) is 5.73 Å². The van der Waals surface area contributed by atoms with Crippen molar-refractivity contribution >= 4 is 11.2 Å². The Kier molecular flexibility index (Phi) is 6.13. The summed E-state index contributed by atoms with van der Waals surface area (Å²) in [6.45, 7) is 6.53. The van der Waals surface area contributed by atoms with E-state index in [0.717, 1.165) is 27.9 Å². The highest BCUT2D eigenvalue weighted by Gasteiger charge is 2.37. The van der Waals surface area contributed by atoms with Crippen LogP contribution >= 0.6 is 0 Å². The first-order valence-electron chi connectivity index (χ1n) is 11.8. The van der Waals surface area contributed by atoms with Gasteiger partial charge >= 0.3 is 0 Å². The van der Waals surface area contributed by atoms with Crippen LogP contribution in [0.15, 0.2) is 49.1 Å². The molecule has 0 fully saturated rings. The van der Waals surface area contributed by atoms with Gasteiger partial charge in [-0.25, -0.2) is 15.0 Å². The molecule has 0 aliphatic carbocycles. The van der Waals surface area contributed by atoms with Crippen LogP contribution in [-0.4, -0.2) is 45.9 Å².